The van der Waals surface area contributed by atoms with Crippen LogP contribution in [0.15, 0.2) is 22.7 Å². The molecule has 0 unspecified atom stereocenters. The molecule has 3 nitrogen and oxygen atoms in total. The zero-order valence-electron chi connectivity index (χ0n) is 10.00. The van der Waals surface area contributed by atoms with E-state index in [1.165, 1.54) is 0 Å². The summed E-state index contributed by atoms with van der Waals surface area (Å²) in [6.07, 6.45) is 2.14. The Kier molecular flexibility index (Phi) is 3.84. The predicted molar refractivity (Wildman–Crippen MR) is 70.2 cm³/mol. The number of carbonyl (C=O) groups excluding carboxylic acids is 1. The van der Waals surface area contributed by atoms with Gasteiger partial charge >= 0.3 is 0 Å². The molecule has 2 rings (SSSR count). The summed E-state index contributed by atoms with van der Waals surface area (Å²) < 4.78 is 6.21. The maximum absolute atomic E-state index is 11.9. The summed E-state index contributed by atoms with van der Waals surface area (Å²) in [5.41, 5.74) is 1.78. The highest BCUT2D eigenvalue weighted by atomic mass is 79.9. The Morgan fingerprint density at radius 2 is 2.18 bits per heavy atom. The number of methoxy groups -OCH3 is 1. The van der Waals surface area contributed by atoms with Crippen LogP contribution in [0.25, 0.3) is 0 Å². The number of rotatable bonds is 3. The van der Waals surface area contributed by atoms with Crippen LogP contribution in [-0.2, 0) is 4.74 Å². The molecular weight excluding hydrogens is 282 g/mol. The first-order valence-corrected chi connectivity index (χ1v) is 6.49. The summed E-state index contributed by atoms with van der Waals surface area (Å²) in [5.74, 6) is 0.000142. The van der Waals surface area contributed by atoms with E-state index in [2.05, 4.69) is 21.2 Å². The van der Waals surface area contributed by atoms with Crippen molar-refractivity contribution in [1.29, 1.82) is 0 Å². The number of amides is 1. The van der Waals surface area contributed by atoms with Crippen molar-refractivity contribution < 1.29 is 9.53 Å². The molecule has 0 atom stereocenters. The average molecular weight is 298 g/mol. The molecule has 1 aromatic carbocycles. The van der Waals surface area contributed by atoms with Gasteiger partial charge in [-0.2, -0.15) is 0 Å². The van der Waals surface area contributed by atoms with E-state index in [-0.39, 0.29) is 11.9 Å². The van der Waals surface area contributed by atoms with Crippen molar-refractivity contribution in [2.45, 2.75) is 31.9 Å². The number of hydrogen-bond donors (Lipinski definition) is 1. The lowest BCUT2D eigenvalue weighted by Crippen LogP contribution is -2.47. The SMILES string of the molecule is COC1CC(NC(=O)c2ccc(Br)c(C)c2)C1. The summed E-state index contributed by atoms with van der Waals surface area (Å²) >= 11 is 3.42. The fourth-order valence-corrected chi connectivity index (χ4v) is 2.18. The summed E-state index contributed by atoms with van der Waals surface area (Å²) in [7, 11) is 1.71. The van der Waals surface area contributed by atoms with E-state index in [1.54, 1.807) is 7.11 Å². The topological polar surface area (TPSA) is 38.3 Å². The predicted octanol–water partition coefficient (Wildman–Crippen LogP) is 2.66. The van der Waals surface area contributed by atoms with Gasteiger partial charge in [0.1, 0.15) is 0 Å². The van der Waals surface area contributed by atoms with E-state index < -0.39 is 0 Å². The summed E-state index contributed by atoms with van der Waals surface area (Å²) in [5, 5.41) is 3.01. The number of benzene rings is 1. The molecule has 1 N–H and O–H groups in total. The minimum Gasteiger partial charge on any atom is -0.381 e. The van der Waals surface area contributed by atoms with E-state index >= 15 is 0 Å². The highest BCUT2D eigenvalue weighted by molar-refractivity contribution is 9.10. The molecule has 1 aromatic rings. The molecule has 0 bridgehead atoms. The van der Waals surface area contributed by atoms with Gasteiger partial charge in [-0.1, -0.05) is 15.9 Å². The average Bonchev–Trinajstić information content (AvgIpc) is 2.26. The number of ether oxygens (including phenoxy) is 1. The maximum atomic E-state index is 11.9. The molecule has 0 heterocycles. The monoisotopic (exact) mass is 297 g/mol. The van der Waals surface area contributed by atoms with E-state index in [4.69, 9.17) is 4.74 Å². The van der Waals surface area contributed by atoms with Crippen molar-refractivity contribution in [3.05, 3.63) is 33.8 Å². The van der Waals surface area contributed by atoms with Gasteiger partial charge < -0.3 is 10.1 Å². The Labute approximate surface area is 110 Å². The number of halogens is 1. The minimum absolute atomic E-state index is 0.000142. The molecule has 4 heteroatoms. The van der Waals surface area contributed by atoms with Crippen LogP contribution in [0.5, 0.6) is 0 Å². The first kappa shape index (κ1) is 12.6. The van der Waals surface area contributed by atoms with Crippen LogP contribution in [0.3, 0.4) is 0 Å². The molecule has 1 aliphatic carbocycles. The molecular formula is C13H16BrNO2. The third-order valence-electron chi connectivity index (χ3n) is 3.18. The Morgan fingerprint density at radius 3 is 2.76 bits per heavy atom. The molecule has 1 saturated carbocycles. The summed E-state index contributed by atoms with van der Waals surface area (Å²) in [6, 6.07) is 5.89. The first-order valence-electron chi connectivity index (χ1n) is 5.70. The van der Waals surface area contributed by atoms with Gasteiger partial charge in [0.05, 0.1) is 6.10 Å². The minimum atomic E-state index is 0.000142. The van der Waals surface area contributed by atoms with Crippen LogP contribution in [0.2, 0.25) is 0 Å². The van der Waals surface area contributed by atoms with E-state index in [0.717, 1.165) is 22.9 Å². The molecule has 17 heavy (non-hydrogen) atoms. The zero-order chi connectivity index (χ0) is 12.4. The van der Waals surface area contributed by atoms with Crippen LogP contribution in [-0.4, -0.2) is 25.2 Å². The molecule has 0 aromatic heterocycles. The molecule has 0 spiro atoms. The van der Waals surface area contributed by atoms with Gasteiger partial charge in [-0.15, -0.1) is 0 Å². The van der Waals surface area contributed by atoms with Crippen molar-refractivity contribution >= 4 is 21.8 Å². The molecule has 92 valence electrons. The van der Waals surface area contributed by atoms with Crippen LogP contribution < -0.4 is 5.32 Å². The zero-order valence-corrected chi connectivity index (χ0v) is 11.6. The van der Waals surface area contributed by atoms with Crippen LogP contribution in [0.4, 0.5) is 0 Å². The third kappa shape index (κ3) is 2.87. The van der Waals surface area contributed by atoms with E-state index in [0.29, 0.717) is 11.7 Å². The lowest BCUT2D eigenvalue weighted by Gasteiger charge is -2.34. The van der Waals surface area contributed by atoms with Crippen LogP contribution in [0.1, 0.15) is 28.8 Å². The fourth-order valence-electron chi connectivity index (χ4n) is 1.93. The van der Waals surface area contributed by atoms with Crippen molar-refractivity contribution in [1.82, 2.24) is 5.32 Å². The Morgan fingerprint density at radius 1 is 1.47 bits per heavy atom. The molecule has 0 radical (unpaired) electrons. The molecule has 0 saturated heterocycles. The van der Waals surface area contributed by atoms with Crippen LogP contribution >= 0.6 is 15.9 Å². The highest BCUT2D eigenvalue weighted by Gasteiger charge is 2.30. The molecule has 0 aliphatic heterocycles. The number of hydrogen-bond acceptors (Lipinski definition) is 2. The Balaban J connectivity index is 1.94. The van der Waals surface area contributed by atoms with E-state index in [1.807, 2.05) is 25.1 Å². The van der Waals surface area contributed by atoms with Gasteiger partial charge in [-0.3, -0.25) is 4.79 Å². The van der Waals surface area contributed by atoms with Gasteiger partial charge in [0.25, 0.3) is 5.91 Å². The Bertz CT molecular complexity index is 427. The van der Waals surface area contributed by atoms with E-state index in [9.17, 15) is 4.79 Å². The van der Waals surface area contributed by atoms with Crippen molar-refractivity contribution in [3.63, 3.8) is 0 Å². The number of aryl methyl sites for hydroxylation is 1. The number of carbonyl (C=O) groups is 1. The second kappa shape index (κ2) is 5.19. The highest BCUT2D eigenvalue weighted by Crippen LogP contribution is 2.23. The smallest absolute Gasteiger partial charge is 0.251 e. The third-order valence-corrected chi connectivity index (χ3v) is 4.07. The van der Waals surface area contributed by atoms with Crippen molar-refractivity contribution in [2.75, 3.05) is 7.11 Å². The van der Waals surface area contributed by atoms with Gasteiger partial charge in [-0.05, 0) is 43.5 Å². The van der Waals surface area contributed by atoms with Gasteiger partial charge in [0.2, 0.25) is 0 Å². The number of nitrogens with one attached hydrogen (secondary N) is 1. The van der Waals surface area contributed by atoms with Gasteiger partial charge in [0, 0.05) is 23.2 Å². The second-order valence-electron chi connectivity index (χ2n) is 4.46. The van der Waals surface area contributed by atoms with Crippen LogP contribution in [0, 0.1) is 6.92 Å². The quantitative estimate of drug-likeness (QED) is 0.931. The largest absolute Gasteiger partial charge is 0.381 e. The van der Waals surface area contributed by atoms with Crippen molar-refractivity contribution in [2.24, 2.45) is 0 Å². The van der Waals surface area contributed by atoms with Gasteiger partial charge in [0.15, 0.2) is 0 Å². The lowest BCUT2D eigenvalue weighted by molar-refractivity contribution is 0.0176. The molecule has 1 aliphatic rings. The van der Waals surface area contributed by atoms with Crippen molar-refractivity contribution in [3.8, 4) is 0 Å². The molecule has 1 fully saturated rings. The lowest BCUT2D eigenvalue weighted by atomic mass is 9.89. The Hall–Kier alpha value is -0.870. The van der Waals surface area contributed by atoms with Gasteiger partial charge in [-0.25, -0.2) is 0 Å². The normalized spacial score (nSPS) is 23.0. The standard InChI is InChI=1S/C13H16BrNO2/c1-8-5-9(3-4-12(8)14)13(16)15-10-6-11(7-10)17-2/h3-5,10-11H,6-7H2,1-2H3,(H,15,16). The fraction of sp³-hybridized carbons (Fsp3) is 0.462. The second-order valence-corrected chi connectivity index (χ2v) is 5.32. The summed E-state index contributed by atoms with van der Waals surface area (Å²) in [6.45, 7) is 1.98. The summed E-state index contributed by atoms with van der Waals surface area (Å²) in [4.78, 5) is 11.9. The molecule has 1 amide bonds. The maximum Gasteiger partial charge on any atom is 0.251 e. The first-order chi connectivity index (χ1) is 8.10.